The van der Waals surface area contributed by atoms with Gasteiger partial charge in [0.1, 0.15) is 0 Å². The van der Waals surface area contributed by atoms with Gasteiger partial charge in [0.25, 0.3) is 0 Å². The van der Waals surface area contributed by atoms with E-state index >= 15 is 0 Å². The van der Waals surface area contributed by atoms with E-state index in [2.05, 4.69) is 135 Å². The van der Waals surface area contributed by atoms with Crippen LogP contribution in [0.4, 0.5) is 0 Å². The van der Waals surface area contributed by atoms with Crippen LogP contribution in [0.25, 0.3) is 0 Å². The third-order valence-corrected chi connectivity index (χ3v) is 25.5. The van der Waals surface area contributed by atoms with Crippen molar-refractivity contribution >= 4 is 60.7 Å². The summed E-state index contributed by atoms with van der Waals surface area (Å²) in [5.74, 6) is -0.358. The Morgan fingerprint density at radius 2 is 1.18 bits per heavy atom. The van der Waals surface area contributed by atoms with E-state index < -0.39 is 54.4 Å². The van der Waals surface area contributed by atoms with Crippen molar-refractivity contribution in [3.63, 3.8) is 0 Å². The van der Waals surface area contributed by atoms with Gasteiger partial charge in [0.2, 0.25) is 0 Å². The monoisotopic (exact) mass is 798 g/mol. The molecule has 0 saturated carbocycles. The second kappa shape index (κ2) is 16.3. The first-order valence-electron chi connectivity index (χ1n) is 17.6. The van der Waals surface area contributed by atoms with Crippen LogP contribution in [0.1, 0.15) is 48.5 Å². The van der Waals surface area contributed by atoms with Crippen LogP contribution in [0.3, 0.4) is 0 Å². The third-order valence-electron chi connectivity index (χ3n) is 10.5. The van der Waals surface area contributed by atoms with Gasteiger partial charge in [-0.3, -0.25) is 0 Å². The standard InChI is InChI=1S/C40H58O6SeSi3/c1-13-50(32-25-19-15-20-26-32,33-27-21-16-22-28-33)42-29-34-35(45-48(9,10)39(3,4)5)36(46-49(11,12)40(6,7)8)37(43-30(2)41)38(44-34)47-31-23-17-14-18-24-31/h13-28,34-38H,1,29H2,2-12H3/t34-,35-,36+,37-,38+/m1/s1. The zero-order valence-corrected chi connectivity index (χ0v) is 36.6. The number of hydrogen-bond donors (Lipinski definition) is 0. The summed E-state index contributed by atoms with van der Waals surface area (Å²) in [7, 11) is -7.78. The SMILES string of the molecule is C=C[Si](OC[C@H]1O[C@@H]([Se]c2ccccc2)[C@H](OC(C)=O)[C@@H](O[Si](C)(C)C(C)(C)C)[C@@H]1O[Si](C)(C)C(C)(C)C)(c1ccccc1)c1ccccc1. The van der Waals surface area contributed by atoms with Crippen molar-refractivity contribution in [3.8, 4) is 0 Å². The molecule has 1 fully saturated rings. The Hall–Kier alpha value is -2.12. The van der Waals surface area contributed by atoms with Gasteiger partial charge < -0.3 is 0 Å². The molecule has 0 aromatic heterocycles. The molecule has 0 N–H and O–H groups in total. The summed E-state index contributed by atoms with van der Waals surface area (Å²) >= 11 is -0.206. The topological polar surface area (TPSA) is 63.2 Å². The molecule has 0 radical (unpaired) electrons. The predicted molar refractivity (Wildman–Crippen MR) is 214 cm³/mol. The molecule has 0 unspecified atom stereocenters. The maximum absolute atomic E-state index is 12.9. The summed E-state index contributed by atoms with van der Waals surface area (Å²) in [6, 6.07) is 31.1. The molecule has 1 heterocycles. The minimum absolute atomic E-state index is 0.0879. The normalized spacial score (nSPS) is 22.2. The van der Waals surface area contributed by atoms with Crippen molar-refractivity contribution in [1.29, 1.82) is 0 Å². The van der Waals surface area contributed by atoms with Gasteiger partial charge >= 0.3 is 312 Å². The first-order valence-corrected chi connectivity index (χ1v) is 27.2. The Kier molecular flexibility index (Phi) is 13.2. The van der Waals surface area contributed by atoms with Gasteiger partial charge in [-0.05, 0) is 0 Å². The number of benzene rings is 3. The predicted octanol–water partition coefficient (Wildman–Crippen LogP) is 6.96. The number of hydrogen-bond acceptors (Lipinski definition) is 6. The number of ether oxygens (including phenoxy) is 2. The first-order chi connectivity index (χ1) is 23.3. The van der Waals surface area contributed by atoms with E-state index in [0.717, 1.165) is 14.8 Å². The molecule has 0 amide bonds. The molecule has 1 aliphatic heterocycles. The molecular weight excluding hydrogens is 740 g/mol. The summed E-state index contributed by atoms with van der Waals surface area (Å²) in [5, 5.41) is 1.61. The average Bonchev–Trinajstić information content (AvgIpc) is 3.04. The Balaban J connectivity index is 1.89. The third kappa shape index (κ3) is 9.45. The van der Waals surface area contributed by atoms with E-state index in [-0.39, 0.29) is 37.6 Å². The molecule has 5 atom stereocenters. The fraction of sp³-hybridized carbons (Fsp3) is 0.475. The van der Waals surface area contributed by atoms with Crippen molar-refractivity contribution in [2.75, 3.05) is 6.61 Å². The zero-order chi connectivity index (χ0) is 37.0. The van der Waals surface area contributed by atoms with Crippen LogP contribution in [-0.4, -0.2) is 81.9 Å². The Bertz CT molecular complexity index is 1500. The van der Waals surface area contributed by atoms with Gasteiger partial charge in [-0.1, -0.05) is 0 Å². The minimum atomic E-state index is -2.94. The van der Waals surface area contributed by atoms with E-state index in [1.165, 1.54) is 6.92 Å². The van der Waals surface area contributed by atoms with Crippen molar-refractivity contribution in [2.45, 2.75) is 114 Å². The molecule has 50 heavy (non-hydrogen) atoms. The summed E-state index contributed by atoms with van der Waals surface area (Å²) in [5.41, 5.74) is 2.01. The average molecular weight is 798 g/mol. The Morgan fingerprint density at radius 1 is 0.740 bits per heavy atom. The molecule has 0 bridgehead atoms. The van der Waals surface area contributed by atoms with Gasteiger partial charge in [-0.2, -0.15) is 0 Å². The fourth-order valence-corrected chi connectivity index (χ4v) is 13.6. The van der Waals surface area contributed by atoms with Gasteiger partial charge in [0, 0.05) is 0 Å². The van der Waals surface area contributed by atoms with E-state index in [9.17, 15) is 4.79 Å². The van der Waals surface area contributed by atoms with Crippen LogP contribution in [0.2, 0.25) is 36.3 Å². The van der Waals surface area contributed by atoms with Crippen LogP contribution >= 0.6 is 0 Å². The maximum atomic E-state index is 12.9. The van der Waals surface area contributed by atoms with Crippen LogP contribution in [0.5, 0.6) is 0 Å². The van der Waals surface area contributed by atoms with Crippen LogP contribution in [-0.2, 0) is 27.5 Å². The van der Waals surface area contributed by atoms with Gasteiger partial charge in [0.15, 0.2) is 0 Å². The summed E-state index contributed by atoms with van der Waals surface area (Å²) in [4.78, 5) is 12.9. The number of carbonyl (C=O) groups is 1. The van der Waals surface area contributed by atoms with Crippen molar-refractivity contribution < 1.29 is 27.5 Å². The van der Waals surface area contributed by atoms with E-state index in [4.69, 9.17) is 22.8 Å². The van der Waals surface area contributed by atoms with Crippen LogP contribution < -0.4 is 14.8 Å². The molecule has 3 aromatic rings. The van der Waals surface area contributed by atoms with E-state index in [1.54, 1.807) is 0 Å². The van der Waals surface area contributed by atoms with Crippen molar-refractivity contribution in [3.05, 3.63) is 103 Å². The quantitative estimate of drug-likeness (QED) is 0.138. The second-order valence-electron chi connectivity index (χ2n) is 16.2. The van der Waals surface area contributed by atoms with Crippen LogP contribution in [0, 0.1) is 0 Å². The zero-order valence-electron chi connectivity index (χ0n) is 31.9. The molecule has 4 rings (SSSR count). The van der Waals surface area contributed by atoms with Crippen LogP contribution in [0.15, 0.2) is 103 Å². The Labute approximate surface area is 310 Å². The van der Waals surface area contributed by atoms with Gasteiger partial charge in [-0.25, -0.2) is 0 Å². The molecule has 0 spiro atoms. The molecule has 1 saturated heterocycles. The molecule has 272 valence electrons. The van der Waals surface area contributed by atoms with Gasteiger partial charge in [0.05, 0.1) is 0 Å². The van der Waals surface area contributed by atoms with Crippen molar-refractivity contribution in [1.82, 2.24) is 0 Å². The molecule has 10 heteroatoms. The summed E-state index contributed by atoms with van der Waals surface area (Å²) < 4.78 is 36.6. The van der Waals surface area contributed by atoms with Crippen molar-refractivity contribution in [2.24, 2.45) is 0 Å². The summed E-state index contributed by atoms with van der Waals surface area (Å²) in [6.07, 6.45) is -2.25. The van der Waals surface area contributed by atoms with Gasteiger partial charge in [-0.15, -0.1) is 0 Å². The second-order valence-corrected chi connectivity index (χ2v) is 31.5. The van der Waals surface area contributed by atoms with E-state index in [0.29, 0.717) is 0 Å². The van der Waals surface area contributed by atoms with E-state index in [1.807, 2.05) is 36.0 Å². The number of esters is 1. The summed E-state index contributed by atoms with van der Waals surface area (Å²) in [6.45, 7) is 28.5. The Morgan fingerprint density at radius 3 is 1.60 bits per heavy atom. The molecule has 6 nitrogen and oxygen atoms in total. The first kappa shape index (κ1) is 40.6. The molecule has 1 aliphatic rings. The number of rotatable bonds is 13. The molecular formula is C40H58O6SeSi3. The fourth-order valence-electron chi connectivity index (χ4n) is 5.58. The molecule has 0 aliphatic carbocycles. The molecule has 3 aromatic carbocycles. The number of carbonyl (C=O) groups excluding carboxylic acids is 1.